The fraction of sp³-hybridized carbons (Fsp3) is 0.455. The Labute approximate surface area is 94.6 Å². The van der Waals surface area contributed by atoms with Crippen LogP contribution >= 0.6 is 0 Å². The summed E-state index contributed by atoms with van der Waals surface area (Å²) >= 11 is 0. The van der Waals surface area contributed by atoms with Gasteiger partial charge in [0.2, 0.25) is 0 Å². The van der Waals surface area contributed by atoms with Gasteiger partial charge in [0, 0.05) is 30.3 Å². The van der Waals surface area contributed by atoms with E-state index < -0.39 is 4.92 Å². The molecule has 0 aliphatic heterocycles. The van der Waals surface area contributed by atoms with Crippen LogP contribution in [0.2, 0.25) is 0 Å². The van der Waals surface area contributed by atoms with Gasteiger partial charge < -0.3 is 10.1 Å². The van der Waals surface area contributed by atoms with Gasteiger partial charge in [0.1, 0.15) is 5.75 Å². The number of ether oxygens (including phenoxy) is 1. The highest BCUT2D eigenvalue weighted by Crippen LogP contribution is 2.23. The Hall–Kier alpha value is -1.62. The van der Waals surface area contributed by atoms with Gasteiger partial charge in [-0.05, 0) is 6.07 Å². The van der Waals surface area contributed by atoms with E-state index >= 15 is 0 Å². The summed E-state index contributed by atoms with van der Waals surface area (Å²) in [5.41, 5.74) is 0.881. The van der Waals surface area contributed by atoms with Crippen LogP contribution in [0.3, 0.4) is 0 Å². The minimum atomic E-state index is -0.404. The van der Waals surface area contributed by atoms with E-state index in [2.05, 4.69) is 5.32 Å². The van der Waals surface area contributed by atoms with Gasteiger partial charge in [-0.25, -0.2) is 0 Å². The Morgan fingerprint density at radius 2 is 2.19 bits per heavy atom. The third-order valence-corrected chi connectivity index (χ3v) is 2.18. The number of benzene rings is 1. The zero-order chi connectivity index (χ0) is 12.1. The van der Waals surface area contributed by atoms with Crippen LogP contribution in [-0.2, 0) is 6.54 Å². The number of hydrogen-bond acceptors (Lipinski definition) is 4. The van der Waals surface area contributed by atoms with Crippen molar-refractivity contribution in [3.05, 3.63) is 33.9 Å². The minimum absolute atomic E-state index is 0.0846. The first-order chi connectivity index (χ1) is 7.54. The molecule has 1 aromatic rings. The molecule has 0 saturated carbocycles. The molecule has 0 spiro atoms. The average Bonchev–Trinajstić information content (AvgIpc) is 2.25. The maximum absolute atomic E-state index is 10.6. The molecule has 1 N–H and O–H groups in total. The van der Waals surface area contributed by atoms with Gasteiger partial charge in [-0.2, -0.15) is 0 Å². The van der Waals surface area contributed by atoms with Crippen molar-refractivity contribution in [1.82, 2.24) is 5.32 Å². The molecular formula is C11H16N2O3. The number of hydrogen-bond donors (Lipinski definition) is 1. The van der Waals surface area contributed by atoms with Crippen LogP contribution in [0.1, 0.15) is 19.4 Å². The molecular weight excluding hydrogens is 208 g/mol. The molecule has 16 heavy (non-hydrogen) atoms. The van der Waals surface area contributed by atoms with E-state index in [4.69, 9.17) is 4.74 Å². The number of methoxy groups -OCH3 is 1. The fourth-order valence-corrected chi connectivity index (χ4v) is 1.33. The maximum Gasteiger partial charge on any atom is 0.270 e. The number of nitrogens with zero attached hydrogens (tertiary/aromatic N) is 1. The summed E-state index contributed by atoms with van der Waals surface area (Å²) in [4.78, 5) is 10.2. The molecule has 1 aromatic carbocycles. The lowest BCUT2D eigenvalue weighted by Crippen LogP contribution is -2.22. The van der Waals surface area contributed by atoms with Crippen molar-refractivity contribution >= 4 is 5.69 Å². The number of nitrogens with one attached hydrogen (secondary N) is 1. The summed E-state index contributed by atoms with van der Waals surface area (Å²) in [5, 5.41) is 13.8. The Balaban J connectivity index is 2.93. The smallest absolute Gasteiger partial charge is 0.270 e. The molecule has 88 valence electrons. The molecule has 0 amide bonds. The molecule has 0 aliphatic rings. The van der Waals surface area contributed by atoms with Crippen LogP contribution in [0.15, 0.2) is 18.2 Å². The summed E-state index contributed by atoms with van der Waals surface area (Å²) in [7, 11) is 1.56. The van der Waals surface area contributed by atoms with E-state index in [1.54, 1.807) is 13.2 Å². The molecule has 0 heterocycles. The number of nitro benzene ring substituents is 1. The van der Waals surface area contributed by atoms with Gasteiger partial charge in [-0.3, -0.25) is 10.1 Å². The molecule has 5 heteroatoms. The summed E-state index contributed by atoms with van der Waals surface area (Å²) in [6.07, 6.45) is 0. The second-order valence-corrected chi connectivity index (χ2v) is 3.79. The largest absolute Gasteiger partial charge is 0.496 e. The highest BCUT2D eigenvalue weighted by molar-refractivity contribution is 5.43. The number of rotatable bonds is 5. The van der Waals surface area contributed by atoms with E-state index in [1.165, 1.54) is 12.1 Å². The quantitative estimate of drug-likeness (QED) is 0.614. The highest BCUT2D eigenvalue weighted by atomic mass is 16.6. The average molecular weight is 224 g/mol. The van der Waals surface area contributed by atoms with Crippen LogP contribution in [0.25, 0.3) is 0 Å². The first kappa shape index (κ1) is 12.4. The highest BCUT2D eigenvalue weighted by Gasteiger charge is 2.11. The van der Waals surface area contributed by atoms with Gasteiger partial charge in [-0.15, -0.1) is 0 Å². The minimum Gasteiger partial charge on any atom is -0.496 e. The molecule has 0 saturated heterocycles. The number of nitro groups is 1. The Morgan fingerprint density at radius 1 is 1.50 bits per heavy atom. The van der Waals surface area contributed by atoms with Crippen LogP contribution in [0.4, 0.5) is 5.69 Å². The topological polar surface area (TPSA) is 64.4 Å². The first-order valence-electron chi connectivity index (χ1n) is 5.09. The third kappa shape index (κ3) is 3.20. The van der Waals surface area contributed by atoms with E-state index in [-0.39, 0.29) is 5.69 Å². The molecule has 1 rings (SSSR count). The van der Waals surface area contributed by atoms with Crippen molar-refractivity contribution in [1.29, 1.82) is 0 Å². The maximum atomic E-state index is 10.6. The summed E-state index contributed by atoms with van der Waals surface area (Å²) in [5.74, 6) is 0.666. The first-order valence-corrected chi connectivity index (χ1v) is 5.09. The van der Waals surface area contributed by atoms with Gasteiger partial charge >= 0.3 is 0 Å². The molecule has 0 aromatic heterocycles. The lowest BCUT2D eigenvalue weighted by atomic mass is 10.1. The van der Waals surface area contributed by atoms with Gasteiger partial charge in [-0.1, -0.05) is 13.8 Å². The van der Waals surface area contributed by atoms with Gasteiger partial charge in [0.15, 0.2) is 0 Å². The monoisotopic (exact) mass is 224 g/mol. The number of non-ortho nitro benzene ring substituents is 1. The standard InChI is InChI=1S/C11H16N2O3/c1-8(2)12-7-9-6-10(13(14)15)4-5-11(9)16-3/h4-6,8,12H,7H2,1-3H3. The van der Waals surface area contributed by atoms with Crippen molar-refractivity contribution < 1.29 is 9.66 Å². The molecule has 0 aliphatic carbocycles. The van der Waals surface area contributed by atoms with Crippen molar-refractivity contribution in [2.75, 3.05) is 7.11 Å². The second-order valence-electron chi connectivity index (χ2n) is 3.79. The van der Waals surface area contributed by atoms with E-state index in [0.717, 1.165) is 5.56 Å². The lowest BCUT2D eigenvalue weighted by Gasteiger charge is -2.11. The second kappa shape index (κ2) is 5.46. The molecule has 0 unspecified atom stereocenters. The zero-order valence-electron chi connectivity index (χ0n) is 9.69. The predicted molar refractivity (Wildman–Crippen MR) is 61.6 cm³/mol. The molecule has 0 fully saturated rings. The van der Waals surface area contributed by atoms with Crippen LogP contribution in [0, 0.1) is 10.1 Å². The molecule has 0 bridgehead atoms. The Morgan fingerprint density at radius 3 is 2.69 bits per heavy atom. The Kier molecular flexibility index (Phi) is 4.25. The van der Waals surface area contributed by atoms with Gasteiger partial charge in [0.05, 0.1) is 12.0 Å². The van der Waals surface area contributed by atoms with Crippen LogP contribution in [0.5, 0.6) is 5.75 Å². The van der Waals surface area contributed by atoms with E-state index in [0.29, 0.717) is 18.3 Å². The van der Waals surface area contributed by atoms with Crippen molar-refractivity contribution in [2.24, 2.45) is 0 Å². The van der Waals surface area contributed by atoms with Crippen LogP contribution in [-0.4, -0.2) is 18.1 Å². The summed E-state index contributed by atoms with van der Waals surface area (Å²) in [6.45, 7) is 4.59. The third-order valence-electron chi connectivity index (χ3n) is 2.18. The summed E-state index contributed by atoms with van der Waals surface area (Å²) in [6, 6.07) is 4.92. The van der Waals surface area contributed by atoms with Crippen LogP contribution < -0.4 is 10.1 Å². The molecule has 5 nitrogen and oxygen atoms in total. The molecule has 0 atom stereocenters. The van der Waals surface area contributed by atoms with Gasteiger partial charge in [0.25, 0.3) is 5.69 Å². The fourth-order valence-electron chi connectivity index (χ4n) is 1.33. The Bertz CT molecular complexity index is 377. The SMILES string of the molecule is COc1ccc([N+](=O)[O-])cc1CNC(C)C. The normalized spacial score (nSPS) is 10.5. The van der Waals surface area contributed by atoms with Crippen molar-refractivity contribution in [3.63, 3.8) is 0 Å². The van der Waals surface area contributed by atoms with Crippen molar-refractivity contribution in [3.8, 4) is 5.75 Å². The predicted octanol–water partition coefficient (Wildman–Crippen LogP) is 2.10. The lowest BCUT2D eigenvalue weighted by molar-refractivity contribution is -0.384. The zero-order valence-corrected chi connectivity index (χ0v) is 9.69. The molecule has 0 radical (unpaired) electrons. The summed E-state index contributed by atoms with van der Waals surface area (Å²) < 4.78 is 5.15. The van der Waals surface area contributed by atoms with E-state index in [1.807, 2.05) is 13.8 Å². The van der Waals surface area contributed by atoms with Crippen molar-refractivity contribution in [2.45, 2.75) is 26.4 Å². The van der Waals surface area contributed by atoms with E-state index in [9.17, 15) is 10.1 Å².